The molecule has 0 fully saturated rings. The van der Waals surface area contributed by atoms with Gasteiger partial charge in [0.25, 0.3) is 0 Å². The van der Waals surface area contributed by atoms with Gasteiger partial charge in [-0.05, 0) is 24.7 Å². The summed E-state index contributed by atoms with van der Waals surface area (Å²) in [6.45, 7) is 1.87. The highest BCUT2D eigenvalue weighted by molar-refractivity contribution is 7.98. The Morgan fingerprint density at radius 1 is 1.31 bits per heavy atom. The summed E-state index contributed by atoms with van der Waals surface area (Å²) in [6, 6.07) is 9.96. The Labute approximate surface area is 157 Å². The van der Waals surface area contributed by atoms with Gasteiger partial charge in [0, 0.05) is 39.9 Å². The molecule has 6 heteroatoms. The first-order chi connectivity index (χ1) is 12.6. The van der Waals surface area contributed by atoms with Crippen molar-refractivity contribution >= 4 is 34.9 Å². The molecule has 2 aliphatic heterocycles. The predicted molar refractivity (Wildman–Crippen MR) is 105 cm³/mol. The number of hydrogen-bond donors (Lipinski definition) is 1. The van der Waals surface area contributed by atoms with Crippen LogP contribution in [0.2, 0.25) is 0 Å². The van der Waals surface area contributed by atoms with Gasteiger partial charge in [-0.2, -0.15) is 11.8 Å². The highest BCUT2D eigenvalue weighted by atomic mass is 32.2. The van der Waals surface area contributed by atoms with Crippen molar-refractivity contribution in [3.8, 4) is 0 Å². The van der Waals surface area contributed by atoms with Crippen LogP contribution in [0.25, 0.3) is 0 Å². The molecule has 0 spiro atoms. The molecule has 4 rings (SSSR count). The molecular weight excluding hydrogens is 346 g/mol. The van der Waals surface area contributed by atoms with Gasteiger partial charge in [-0.15, -0.1) is 0 Å². The van der Waals surface area contributed by atoms with Crippen molar-refractivity contribution in [3.05, 3.63) is 52.7 Å². The van der Waals surface area contributed by atoms with Crippen LogP contribution < -0.4 is 5.73 Å². The van der Waals surface area contributed by atoms with Gasteiger partial charge in [-0.25, -0.2) is 9.98 Å². The molecule has 134 valence electrons. The van der Waals surface area contributed by atoms with Gasteiger partial charge in [0.2, 0.25) is 0 Å². The largest absolute Gasteiger partial charge is 0.468 e. The van der Waals surface area contributed by atoms with Crippen molar-refractivity contribution in [2.45, 2.75) is 25.0 Å². The quantitative estimate of drug-likeness (QED) is 0.822. The summed E-state index contributed by atoms with van der Waals surface area (Å²) in [4.78, 5) is 22.1. The third kappa shape index (κ3) is 2.69. The van der Waals surface area contributed by atoms with E-state index in [-0.39, 0.29) is 11.9 Å². The number of methoxy groups -OCH3 is 1. The molecule has 0 amide bonds. The number of carbonyl (C=O) groups is 1. The van der Waals surface area contributed by atoms with Crippen LogP contribution in [0.1, 0.15) is 35.2 Å². The van der Waals surface area contributed by atoms with Gasteiger partial charge >= 0.3 is 5.97 Å². The normalized spacial score (nSPS) is 21.4. The Kier molecular flexibility index (Phi) is 4.44. The summed E-state index contributed by atoms with van der Waals surface area (Å²) in [5, 5.41) is 0. The van der Waals surface area contributed by atoms with E-state index in [0.717, 1.165) is 51.7 Å². The lowest BCUT2D eigenvalue weighted by molar-refractivity contribution is -0.143. The number of nitrogens with two attached hydrogens (primary N) is 1. The van der Waals surface area contributed by atoms with Crippen LogP contribution in [0.4, 0.5) is 11.5 Å². The number of fused-ring (bicyclic) bond motifs is 2. The highest BCUT2D eigenvalue weighted by Crippen LogP contribution is 2.47. The average Bonchev–Trinajstić information content (AvgIpc) is 2.67. The number of carbonyl (C=O) groups excluding carboxylic acids is 1. The van der Waals surface area contributed by atoms with Gasteiger partial charge in [0.05, 0.1) is 7.11 Å². The second-order valence-corrected chi connectivity index (χ2v) is 7.74. The molecule has 2 atom stereocenters. The third-order valence-electron chi connectivity index (χ3n) is 5.17. The zero-order valence-electron chi connectivity index (χ0n) is 14.9. The molecule has 2 unspecified atom stereocenters. The Morgan fingerprint density at radius 3 is 2.81 bits per heavy atom. The van der Waals surface area contributed by atoms with Gasteiger partial charge in [-0.1, -0.05) is 30.3 Å². The number of benzene rings is 1. The Bertz CT molecular complexity index is 896. The van der Waals surface area contributed by atoms with Crippen molar-refractivity contribution in [1.29, 1.82) is 0 Å². The zero-order valence-corrected chi connectivity index (χ0v) is 15.7. The maximum Gasteiger partial charge on any atom is 0.315 e. The number of thioether (sulfide) groups is 1. The third-order valence-corrected chi connectivity index (χ3v) is 6.15. The summed E-state index contributed by atoms with van der Waals surface area (Å²) in [7, 11) is 1.41. The number of aliphatic imine (C=N–C) groups is 1. The molecule has 3 heterocycles. The predicted octanol–water partition coefficient (Wildman–Crippen LogP) is 3.48. The monoisotopic (exact) mass is 367 g/mol. The van der Waals surface area contributed by atoms with Crippen LogP contribution in [0.5, 0.6) is 0 Å². The lowest BCUT2D eigenvalue weighted by atomic mass is 9.75. The highest BCUT2D eigenvalue weighted by Gasteiger charge is 2.41. The summed E-state index contributed by atoms with van der Waals surface area (Å²) < 4.78 is 5.09. The average molecular weight is 367 g/mol. The van der Waals surface area contributed by atoms with Gasteiger partial charge in [0.15, 0.2) is 5.82 Å². The van der Waals surface area contributed by atoms with Crippen molar-refractivity contribution in [3.63, 3.8) is 0 Å². The van der Waals surface area contributed by atoms with Crippen LogP contribution in [-0.4, -0.2) is 29.5 Å². The van der Waals surface area contributed by atoms with Crippen molar-refractivity contribution in [2.24, 2.45) is 10.9 Å². The van der Waals surface area contributed by atoms with E-state index < -0.39 is 5.92 Å². The fourth-order valence-electron chi connectivity index (χ4n) is 3.89. The zero-order chi connectivity index (χ0) is 18.3. The second-order valence-electron chi connectivity index (χ2n) is 6.63. The molecule has 0 aliphatic carbocycles. The Hall–Kier alpha value is -2.34. The van der Waals surface area contributed by atoms with Crippen molar-refractivity contribution in [1.82, 2.24) is 4.98 Å². The lowest BCUT2D eigenvalue weighted by Crippen LogP contribution is -2.34. The topological polar surface area (TPSA) is 77.6 Å². The van der Waals surface area contributed by atoms with E-state index in [1.54, 1.807) is 0 Å². The smallest absolute Gasteiger partial charge is 0.315 e. The molecule has 0 saturated heterocycles. The van der Waals surface area contributed by atoms with Crippen LogP contribution in [-0.2, 0) is 21.7 Å². The number of esters is 1. The standard InChI is InChI=1S/C20H21N3O2S/c1-11-15(20(24)25-2)16(12-6-4-3-5-7-12)17-18(21)13-10-26-9-8-14(13)23-19(17)22-11/h3-7,15-16H,8-10H2,1-2H3,(H2,21,23). The minimum Gasteiger partial charge on any atom is -0.468 e. The van der Waals surface area contributed by atoms with Crippen LogP contribution in [0.15, 0.2) is 35.3 Å². The number of nitrogen functional groups attached to an aromatic ring is 1. The first-order valence-corrected chi connectivity index (χ1v) is 9.84. The second kappa shape index (κ2) is 6.76. The molecule has 26 heavy (non-hydrogen) atoms. The van der Waals surface area contributed by atoms with Gasteiger partial charge < -0.3 is 10.5 Å². The molecule has 0 bridgehead atoms. The van der Waals surface area contributed by atoms with E-state index in [2.05, 4.69) is 4.99 Å². The molecular formula is C20H21N3O2S. The Morgan fingerprint density at radius 2 is 2.08 bits per heavy atom. The van der Waals surface area contributed by atoms with E-state index in [1.165, 1.54) is 7.11 Å². The van der Waals surface area contributed by atoms with E-state index in [4.69, 9.17) is 15.5 Å². The molecule has 2 aromatic rings. The van der Waals surface area contributed by atoms with Gasteiger partial charge in [-0.3, -0.25) is 4.79 Å². The summed E-state index contributed by atoms with van der Waals surface area (Å²) in [6.07, 6.45) is 0.905. The molecule has 1 aromatic carbocycles. The molecule has 0 radical (unpaired) electrons. The number of nitrogens with zero attached hydrogens (tertiary/aromatic N) is 2. The summed E-state index contributed by atoms with van der Waals surface area (Å²) >= 11 is 1.86. The van der Waals surface area contributed by atoms with E-state index >= 15 is 0 Å². The van der Waals surface area contributed by atoms with Gasteiger partial charge in [0.1, 0.15) is 5.92 Å². The minimum atomic E-state index is -0.492. The molecule has 2 N–H and O–H groups in total. The Balaban J connectivity index is 1.98. The number of rotatable bonds is 2. The number of aromatic nitrogens is 1. The van der Waals surface area contributed by atoms with E-state index in [1.807, 2.05) is 49.0 Å². The maximum absolute atomic E-state index is 12.6. The van der Waals surface area contributed by atoms with Crippen molar-refractivity contribution in [2.75, 3.05) is 18.6 Å². The van der Waals surface area contributed by atoms with Crippen LogP contribution in [0, 0.1) is 5.92 Å². The number of hydrogen-bond acceptors (Lipinski definition) is 6. The fraction of sp³-hybridized carbons (Fsp3) is 0.350. The SMILES string of the molecule is COC(=O)C1C(C)=Nc2nc3c(c(N)c2C1c1ccccc1)CSCC3. The summed E-state index contributed by atoms with van der Waals surface area (Å²) in [5.74, 6) is 1.54. The van der Waals surface area contributed by atoms with E-state index in [9.17, 15) is 4.79 Å². The molecule has 0 saturated carbocycles. The molecule has 2 aliphatic rings. The molecule has 1 aromatic heterocycles. The van der Waals surface area contributed by atoms with E-state index in [0.29, 0.717) is 5.82 Å². The first-order valence-electron chi connectivity index (χ1n) is 8.68. The summed E-state index contributed by atoms with van der Waals surface area (Å²) in [5.41, 5.74) is 12.1. The number of ether oxygens (including phenoxy) is 1. The number of aryl methyl sites for hydroxylation is 1. The number of pyridine rings is 1. The van der Waals surface area contributed by atoms with Crippen LogP contribution >= 0.6 is 11.8 Å². The lowest BCUT2D eigenvalue weighted by Gasteiger charge is -2.33. The fourth-order valence-corrected chi connectivity index (χ4v) is 4.90. The number of anilines is 1. The maximum atomic E-state index is 12.6. The molecule has 5 nitrogen and oxygen atoms in total. The first kappa shape index (κ1) is 17.1. The minimum absolute atomic E-state index is 0.235. The van der Waals surface area contributed by atoms with Crippen molar-refractivity contribution < 1.29 is 9.53 Å². The van der Waals surface area contributed by atoms with Crippen LogP contribution in [0.3, 0.4) is 0 Å².